The van der Waals surface area contributed by atoms with Gasteiger partial charge in [0.15, 0.2) is 5.11 Å². The second-order valence-corrected chi connectivity index (χ2v) is 6.30. The highest BCUT2D eigenvalue weighted by Gasteiger charge is 2.36. The summed E-state index contributed by atoms with van der Waals surface area (Å²) in [7, 11) is 0. The van der Waals surface area contributed by atoms with Crippen molar-refractivity contribution in [2.75, 3.05) is 11.9 Å². The van der Waals surface area contributed by atoms with Gasteiger partial charge in [0.25, 0.3) is 0 Å². The molecule has 7 heteroatoms. The van der Waals surface area contributed by atoms with Gasteiger partial charge < -0.3 is 25.8 Å². The summed E-state index contributed by atoms with van der Waals surface area (Å²) in [5.74, 6) is 0.598. The van der Waals surface area contributed by atoms with Crippen LogP contribution in [0.15, 0.2) is 18.2 Å². The summed E-state index contributed by atoms with van der Waals surface area (Å²) >= 11 is 5.40. The van der Waals surface area contributed by atoms with E-state index < -0.39 is 0 Å². The Morgan fingerprint density at radius 3 is 3.04 bits per heavy atom. The van der Waals surface area contributed by atoms with E-state index in [2.05, 4.69) is 10.6 Å². The van der Waals surface area contributed by atoms with Crippen molar-refractivity contribution >= 4 is 29.0 Å². The molecule has 0 bridgehead atoms. The SMILES string of the molecule is CC(=O)O[C@@H]1CC[C@@H](N)[C@H]1NC(=S)Nc1cccc2c1CCO2. The molecule has 0 radical (unpaired) electrons. The van der Waals surface area contributed by atoms with Crippen molar-refractivity contribution < 1.29 is 14.3 Å². The number of hydrogen-bond acceptors (Lipinski definition) is 5. The third-order valence-electron chi connectivity index (χ3n) is 4.25. The Labute approximate surface area is 140 Å². The number of hydrogen-bond donors (Lipinski definition) is 3. The normalized spacial score (nSPS) is 25.4. The standard InChI is InChI=1S/C16H21N3O3S/c1-9(20)22-14-6-5-11(17)15(14)19-16(23)18-12-3-2-4-13-10(12)7-8-21-13/h2-4,11,14-15H,5-8,17H2,1H3,(H2,18,19,23)/t11-,14-,15-/m1/s1. The Morgan fingerprint density at radius 2 is 2.26 bits per heavy atom. The molecule has 0 saturated heterocycles. The molecule has 0 aromatic heterocycles. The highest BCUT2D eigenvalue weighted by atomic mass is 32.1. The lowest BCUT2D eigenvalue weighted by Crippen LogP contribution is -2.51. The monoisotopic (exact) mass is 335 g/mol. The molecule has 1 saturated carbocycles. The number of esters is 1. The summed E-state index contributed by atoms with van der Waals surface area (Å²) < 4.78 is 10.9. The van der Waals surface area contributed by atoms with Gasteiger partial charge in [-0.05, 0) is 37.2 Å². The maximum Gasteiger partial charge on any atom is 0.302 e. The van der Waals surface area contributed by atoms with Crippen LogP contribution in [-0.2, 0) is 16.0 Å². The minimum absolute atomic E-state index is 0.0936. The first-order chi connectivity index (χ1) is 11.0. The molecule has 1 aliphatic carbocycles. The molecule has 1 aromatic carbocycles. The van der Waals surface area contributed by atoms with Crippen LogP contribution in [0.4, 0.5) is 5.69 Å². The third kappa shape index (κ3) is 3.56. The van der Waals surface area contributed by atoms with Gasteiger partial charge in [-0.25, -0.2) is 0 Å². The Kier molecular flexibility index (Phi) is 4.68. The zero-order chi connectivity index (χ0) is 16.4. The van der Waals surface area contributed by atoms with Crippen molar-refractivity contribution in [3.63, 3.8) is 0 Å². The molecule has 124 valence electrons. The van der Waals surface area contributed by atoms with Crippen molar-refractivity contribution in [1.82, 2.24) is 5.32 Å². The molecule has 23 heavy (non-hydrogen) atoms. The van der Waals surface area contributed by atoms with E-state index in [0.29, 0.717) is 11.7 Å². The van der Waals surface area contributed by atoms with Crippen LogP contribution in [0.25, 0.3) is 0 Å². The second kappa shape index (κ2) is 6.72. The number of carbonyl (C=O) groups excluding carboxylic acids is 1. The van der Waals surface area contributed by atoms with Crippen molar-refractivity contribution in [2.24, 2.45) is 5.73 Å². The molecule has 0 unspecified atom stereocenters. The topological polar surface area (TPSA) is 85.6 Å². The van der Waals surface area contributed by atoms with Crippen molar-refractivity contribution in [1.29, 1.82) is 0 Å². The Balaban J connectivity index is 1.65. The van der Waals surface area contributed by atoms with Gasteiger partial charge in [0.1, 0.15) is 11.9 Å². The summed E-state index contributed by atoms with van der Waals surface area (Å²) in [5, 5.41) is 6.89. The lowest BCUT2D eigenvalue weighted by Gasteiger charge is -2.25. The molecule has 3 atom stereocenters. The van der Waals surface area contributed by atoms with Crippen LogP contribution in [0.1, 0.15) is 25.3 Å². The van der Waals surface area contributed by atoms with Gasteiger partial charge in [0, 0.05) is 30.6 Å². The number of ether oxygens (including phenoxy) is 2. The van der Waals surface area contributed by atoms with Crippen LogP contribution in [0.5, 0.6) is 5.75 Å². The van der Waals surface area contributed by atoms with Gasteiger partial charge in [-0.3, -0.25) is 4.79 Å². The van der Waals surface area contributed by atoms with Gasteiger partial charge in [0.2, 0.25) is 0 Å². The Bertz CT molecular complexity index is 623. The zero-order valence-electron chi connectivity index (χ0n) is 13.0. The molecule has 1 fully saturated rings. The highest BCUT2D eigenvalue weighted by Crippen LogP contribution is 2.31. The van der Waals surface area contributed by atoms with Crippen LogP contribution in [0.3, 0.4) is 0 Å². The molecule has 1 aromatic rings. The first-order valence-electron chi connectivity index (χ1n) is 7.79. The molecule has 0 amide bonds. The lowest BCUT2D eigenvalue weighted by atomic mass is 10.1. The van der Waals surface area contributed by atoms with Crippen LogP contribution in [0, 0.1) is 0 Å². The number of carbonyl (C=O) groups is 1. The Hall–Kier alpha value is -1.86. The average molecular weight is 335 g/mol. The predicted octanol–water partition coefficient (Wildman–Crippen LogP) is 1.33. The number of rotatable bonds is 3. The molecule has 1 aliphatic heterocycles. The fourth-order valence-electron chi connectivity index (χ4n) is 3.19. The highest BCUT2D eigenvalue weighted by molar-refractivity contribution is 7.80. The largest absolute Gasteiger partial charge is 0.493 e. The summed E-state index contributed by atoms with van der Waals surface area (Å²) in [4.78, 5) is 11.2. The first kappa shape index (κ1) is 16.0. The van der Waals surface area contributed by atoms with Crippen molar-refractivity contribution in [3.8, 4) is 5.75 Å². The lowest BCUT2D eigenvalue weighted by molar-refractivity contribution is -0.146. The van der Waals surface area contributed by atoms with Crippen molar-refractivity contribution in [2.45, 2.75) is 44.4 Å². The summed E-state index contributed by atoms with van der Waals surface area (Å²) in [6.45, 7) is 2.10. The molecule has 1 heterocycles. The van der Waals surface area contributed by atoms with Gasteiger partial charge >= 0.3 is 5.97 Å². The van der Waals surface area contributed by atoms with Gasteiger partial charge in [-0.15, -0.1) is 0 Å². The van der Waals surface area contributed by atoms with Crippen LogP contribution in [-0.4, -0.2) is 35.9 Å². The fourth-order valence-corrected chi connectivity index (χ4v) is 3.43. The van der Waals surface area contributed by atoms with Gasteiger partial charge in [0.05, 0.1) is 12.6 Å². The molecule has 0 spiro atoms. The van der Waals surface area contributed by atoms with E-state index in [-0.39, 0.29) is 24.2 Å². The molecule has 6 nitrogen and oxygen atoms in total. The number of anilines is 1. The van der Waals surface area contributed by atoms with E-state index >= 15 is 0 Å². The number of nitrogens with two attached hydrogens (primary N) is 1. The van der Waals surface area contributed by atoms with E-state index in [1.807, 2.05) is 18.2 Å². The summed E-state index contributed by atoms with van der Waals surface area (Å²) in [5.41, 5.74) is 8.18. The number of fused-ring (bicyclic) bond motifs is 1. The average Bonchev–Trinajstić information content (AvgIpc) is 3.09. The molecule has 2 aliphatic rings. The Morgan fingerprint density at radius 1 is 1.43 bits per heavy atom. The van der Waals surface area contributed by atoms with E-state index in [4.69, 9.17) is 27.4 Å². The minimum atomic E-state index is -0.298. The predicted molar refractivity (Wildman–Crippen MR) is 91.5 cm³/mol. The van der Waals surface area contributed by atoms with Crippen molar-refractivity contribution in [3.05, 3.63) is 23.8 Å². The summed E-state index contributed by atoms with van der Waals surface area (Å²) in [6.07, 6.45) is 2.16. The van der Waals surface area contributed by atoms with E-state index in [0.717, 1.165) is 36.3 Å². The van der Waals surface area contributed by atoms with Gasteiger partial charge in [-0.1, -0.05) is 6.07 Å². The molecule has 3 rings (SSSR count). The van der Waals surface area contributed by atoms with Gasteiger partial charge in [-0.2, -0.15) is 0 Å². The number of nitrogens with one attached hydrogen (secondary N) is 2. The number of benzene rings is 1. The minimum Gasteiger partial charge on any atom is -0.493 e. The number of thiocarbonyl (C=S) groups is 1. The summed E-state index contributed by atoms with van der Waals surface area (Å²) in [6, 6.07) is 5.58. The zero-order valence-corrected chi connectivity index (χ0v) is 13.8. The van der Waals surface area contributed by atoms with Crippen LogP contribution in [0.2, 0.25) is 0 Å². The third-order valence-corrected chi connectivity index (χ3v) is 4.47. The van der Waals surface area contributed by atoms with Crippen LogP contribution < -0.4 is 21.1 Å². The van der Waals surface area contributed by atoms with E-state index in [9.17, 15) is 4.79 Å². The maximum atomic E-state index is 11.2. The first-order valence-corrected chi connectivity index (χ1v) is 8.20. The van der Waals surface area contributed by atoms with Crippen LogP contribution >= 0.6 is 12.2 Å². The quantitative estimate of drug-likeness (QED) is 0.567. The van der Waals surface area contributed by atoms with E-state index in [1.165, 1.54) is 6.92 Å². The smallest absolute Gasteiger partial charge is 0.302 e. The maximum absolute atomic E-state index is 11.2. The second-order valence-electron chi connectivity index (χ2n) is 5.89. The molecular weight excluding hydrogens is 314 g/mol. The van der Waals surface area contributed by atoms with E-state index in [1.54, 1.807) is 0 Å². The molecule has 4 N–H and O–H groups in total. The molecular formula is C16H21N3O3S. The fraction of sp³-hybridized carbons (Fsp3) is 0.500.